The fourth-order valence-corrected chi connectivity index (χ4v) is 3.35. The summed E-state index contributed by atoms with van der Waals surface area (Å²) in [5.74, 6) is -4.39. The highest BCUT2D eigenvalue weighted by atomic mass is 16.5. The first-order valence-corrected chi connectivity index (χ1v) is 7.60. The van der Waals surface area contributed by atoms with Crippen molar-refractivity contribution in [1.82, 2.24) is 4.90 Å². The number of hydrogen-bond donors (Lipinski definition) is 1. The third-order valence-electron chi connectivity index (χ3n) is 4.42. The average molecular weight is 331 g/mol. The molecule has 23 heavy (non-hydrogen) atoms. The van der Waals surface area contributed by atoms with Gasteiger partial charge < -0.3 is 14.6 Å². The van der Waals surface area contributed by atoms with E-state index in [1.54, 1.807) is 6.07 Å². The Hall–Kier alpha value is -1.26. The topological polar surface area (TPSA) is 41.9 Å². The van der Waals surface area contributed by atoms with E-state index in [9.17, 15) is 5.11 Å². The van der Waals surface area contributed by atoms with Crippen LogP contribution in [0.25, 0.3) is 0 Å². The summed E-state index contributed by atoms with van der Waals surface area (Å²) < 4.78 is 98.2. The summed E-state index contributed by atoms with van der Waals surface area (Å²) >= 11 is 0. The first kappa shape index (κ1) is 7.75. The predicted octanol–water partition coefficient (Wildman–Crippen LogP) is 3.03. The molecule has 2 aliphatic heterocycles. The van der Waals surface area contributed by atoms with Crippen LogP contribution >= 0.6 is 0 Å². The van der Waals surface area contributed by atoms with Gasteiger partial charge in [0.25, 0.3) is 0 Å². The number of ether oxygens (including phenoxy) is 2. The van der Waals surface area contributed by atoms with E-state index in [0.717, 1.165) is 12.5 Å². The van der Waals surface area contributed by atoms with Crippen molar-refractivity contribution in [2.75, 3.05) is 27.2 Å². The van der Waals surface area contributed by atoms with Crippen molar-refractivity contribution in [1.29, 1.82) is 0 Å². The zero-order chi connectivity index (χ0) is 26.1. The highest BCUT2D eigenvalue weighted by Crippen LogP contribution is 2.43. The van der Waals surface area contributed by atoms with Crippen molar-refractivity contribution in [2.24, 2.45) is 11.8 Å². The average Bonchev–Trinajstić information content (AvgIpc) is 2.64. The molecule has 4 unspecified atom stereocenters. The van der Waals surface area contributed by atoms with E-state index in [-0.39, 0.29) is 24.5 Å². The van der Waals surface area contributed by atoms with Crippen LogP contribution < -0.4 is 9.47 Å². The molecule has 0 aromatic heterocycles. The molecule has 0 aliphatic carbocycles. The predicted molar refractivity (Wildman–Crippen MR) is 91.1 cm³/mol. The first-order chi connectivity index (χ1) is 15.3. The molecule has 0 bridgehead atoms. The van der Waals surface area contributed by atoms with E-state index in [0.29, 0.717) is 12.0 Å². The molecule has 128 valence electrons. The van der Waals surface area contributed by atoms with Gasteiger partial charge in [-0.15, -0.1) is 0 Å². The Bertz CT molecular complexity index is 929. The van der Waals surface area contributed by atoms with Crippen molar-refractivity contribution in [3.8, 4) is 11.5 Å². The molecule has 4 atom stereocenters. The van der Waals surface area contributed by atoms with Crippen molar-refractivity contribution >= 4 is 0 Å². The van der Waals surface area contributed by atoms with Gasteiger partial charge in [-0.2, -0.15) is 0 Å². The van der Waals surface area contributed by atoms with Crippen LogP contribution in [0, 0.1) is 11.8 Å². The molecule has 3 rings (SSSR count). The lowest BCUT2D eigenvalue weighted by molar-refractivity contribution is -0.0191. The molecule has 1 aromatic rings. The van der Waals surface area contributed by atoms with Crippen molar-refractivity contribution < 1.29 is 29.7 Å². The molecular formula is C19H29NO3. The molecule has 1 saturated heterocycles. The van der Waals surface area contributed by atoms with E-state index < -0.39 is 50.7 Å². The van der Waals surface area contributed by atoms with Gasteiger partial charge in [0.05, 0.1) is 24.4 Å². The number of aliphatic hydroxyl groups is 1. The number of nitrogens with zero attached hydrogens (tertiary/aromatic N) is 1. The van der Waals surface area contributed by atoms with Crippen LogP contribution in [-0.4, -0.2) is 43.3 Å². The Kier molecular flexibility index (Phi) is 2.26. The van der Waals surface area contributed by atoms with Gasteiger partial charge in [-0.05, 0) is 54.3 Å². The fraction of sp³-hybridized carbons (Fsp3) is 0.684. The molecule has 0 amide bonds. The van der Waals surface area contributed by atoms with Gasteiger partial charge in [0.15, 0.2) is 11.5 Å². The summed E-state index contributed by atoms with van der Waals surface area (Å²) in [5, 5.41) is 11.0. The molecule has 0 spiro atoms. The summed E-state index contributed by atoms with van der Waals surface area (Å²) in [5.41, 5.74) is 1.26. The second-order valence-corrected chi connectivity index (χ2v) is 5.94. The summed E-state index contributed by atoms with van der Waals surface area (Å²) in [6.07, 6.45) is -4.35. The van der Waals surface area contributed by atoms with E-state index in [1.165, 1.54) is 18.1 Å². The monoisotopic (exact) mass is 330 g/mol. The van der Waals surface area contributed by atoms with Crippen LogP contribution in [0.5, 0.6) is 11.5 Å². The maximum Gasteiger partial charge on any atom is 0.161 e. The van der Waals surface area contributed by atoms with Gasteiger partial charge in [-0.1, -0.05) is 13.8 Å². The lowest BCUT2D eigenvalue weighted by Crippen LogP contribution is -2.48. The van der Waals surface area contributed by atoms with Gasteiger partial charge in [0.2, 0.25) is 0 Å². The quantitative estimate of drug-likeness (QED) is 0.921. The Labute approximate surface area is 154 Å². The van der Waals surface area contributed by atoms with Gasteiger partial charge in [-0.25, -0.2) is 0 Å². The highest BCUT2D eigenvalue weighted by Gasteiger charge is 2.38. The number of fused-ring (bicyclic) bond motifs is 3. The normalized spacial score (nSPS) is 41.0. The van der Waals surface area contributed by atoms with Crippen LogP contribution in [0.1, 0.15) is 58.8 Å². The third-order valence-corrected chi connectivity index (χ3v) is 4.42. The fourth-order valence-electron chi connectivity index (χ4n) is 3.35. The molecular weight excluding hydrogens is 290 g/mol. The molecule has 2 heterocycles. The number of hydrogen-bond acceptors (Lipinski definition) is 4. The lowest BCUT2D eigenvalue weighted by atomic mass is 9.79. The smallest absolute Gasteiger partial charge is 0.161 e. The van der Waals surface area contributed by atoms with Crippen molar-refractivity contribution in [3.63, 3.8) is 0 Å². The third kappa shape index (κ3) is 3.20. The highest BCUT2D eigenvalue weighted by molar-refractivity contribution is 5.49. The molecule has 4 heteroatoms. The summed E-state index contributed by atoms with van der Waals surface area (Å²) in [6.45, 7) is -4.54. The van der Waals surface area contributed by atoms with E-state index >= 15 is 0 Å². The first-order valence-electron chi connectivity index (χ1n) is 13.1. The van der Waals surface area contributed by atoms with Crippen LogP contribution in [0.15, 0.2) is 12.1 Å². The summed E-state index contributed by atoms with van der Waals surface area (Å²) in [4.78, 5) is 1.35. The van der Waals surface area contributed by atoms with Crippen molar-refractivity contribution in [3.05, 3.63) is 23.3 Å². The maximum absolute atomic E-state index is 11.0. The van der Waals surface area contributed by atoms with Gasteiger partial charge in [-0.3, -0.25) is 4.90 Å². The zero-order valence-electron chi connectivity index (χ0n) is 24.2. The molecule has 1 fully saturated rings. The minimum atomic E-state index is -3.06. The van der Waals surface area contributed by atoms with Gasteiger partial charge in [0.1, 0.15) is 0 Å². The second kappa shape index (κ2) is 6.70. The van der Waals surface area contributed by atoms with E-state index in [4.69, 9.17) is 24.6 Å². The molecule has 1 N–H and O–H groups in total. The van der Waals surface area contributed by atoms with Crippen LogP contribution in [-0.2, 0) is 6.42 Å². The van der Waals surface area contributed by atoms with Crippen LogP contribution in [0.3, 0.4) is 0 Å². The molecule has 0 saturated carbocycles. The van der Waals surface area contributed by atoms with Gasteiger partial charge >= 0.3 is 0 Å². The Morgan fingerprint density at radius 3 is 3.09 bits per heavy atom. The van der Waals surface area contributed by atoms with Gasteiger partial charge in [0, 0.05) is 30.0 Å². The molecule has 1 aromatic carbocycles. The molecule has 4 nitrogen and oxygen atoms in total. The standard InChI is InChI=1S/C19H29NO3/c1-12(2)7-14-11-20-6-5-13-8-18(22-3)19(23-4)9-15(13)16(20)10-17(14)21/h8-9,12,14,16-17,21H,5-7,10-11H2,1-4H3/i1D3,4D3,7D2,11D2,12D. The minimum absolute atomic E-state index is 0.0725. The second-order valence-electron chi connectivity index (χ2n) is 5.94. The largest absolute Gasteiger partial charge is 0.493 e. The Morgan fingerprint density at radius 2 is 2.35 bits per heavy atom. The lowest BCUT2D eigenvalue weighted by Gasteiger charge is -2.46. The number of methoxy groups -OCH3 is 2. The number of rotatable bonds is 4. The number of aliphatic hydroxyl groups excluding tert-OH is 1. The number of benzene rings is 1. The van der Waals surface area contributed by atoms with E-state index in [2.05, 4.69) is 0 Å². The minimum Gasteiger partial charge on any atom is -0.493 e. The SMILES string of the molecule is [2H]C([2H])([2H])Oc1cc2c(cc1OC)CCN1C2CC(O)C(C([2H])([2H])C([2H])(C)C([2H])([2H])[2H])C1([2H])[2H]. The van der Waals surface area contributed by atoms with E-state index in [1.807, 2.05) is 0 Å². The Morgan fingerprint density at radius 1 is 1.52 bits per heavy atom. The molecule has 2 aliphatic rings. The Balaban J connectivity index is 2.07. The van der Waals surface area contributed by atoms with Crippen molar-refractivity contribution in [2.45, 2.75) is 45.1 Å². The summed E-state index contributed by atoms with van der Waals surface area (Å²) in [6, 6.07) is 2.29. The van der Waals surface area contributed by atoms with Crippen LogP contribution in [0.4, 0.5) is 0 Å². The summed E-state index contributed by atoms with van der Waals surface area (Å²) in [7, 11) is -1.40. The number of piperidine rings is 1. The molecule has 0 radical (unpaired) electrons. The zero-order valence-corrected chi connectivity index (χ0v) is 13.2. The maximum atomic E-state index is 11.0. The van der Waals surface area contributed by atoms with Crippen LogP contribution in [0.2, 0.25) is 0 Å².